The number of rotatable bonds is 3. The standard InChI is InChI=1S/C42H28O/c1-2-14-28(15-3-1)39-31-18-6-8-20-33(31)40(34-21-9-7-19-32(34)39)37-26-25-35(30-23-12-16-27-13-4-5-17-29(27)30)41-36-22-10-11-24-38(36)43-42(37)41/h1-14,16-26,28H,15H2. The zero-order chi connectivity index (χ0) is 28.3. The Morgan fingerprint density at radius 2 is 1.12 bits per heavy atom. The predicted molar refractivity (Wildman–Crippen MR) is 183 cm³/mol. The van der Waals surface area contributed by atoms with E-state index in [0.717, 1.165) is 28.5 Å². The van der Waals surface area contributed by atoms with Gasteiger partial charge in [-0.15, -0.1) is 0 Å². The molecule has 43 heavy (non-hydrogen) atoms. The van der Waals surface area contributed by atoms with Gasteiger partial charge in [-0.25, -0.2) is 0 Å². The number of fused-ring (bicyclic) bond motifs is 6. The van der Waals surface area contributed by atoms with E-state index in [1.54, 1.807) is 0 Å². The van der Waals surface area contributed by atoms with E-state index in [9.17, 15) is 0 Å². The smallest absolute Gasteiger partial charge is 0.143 e. The number of hydrogen-bond donors (Lipinski definition) is 0. The van der Waals surface area contributed by atoms with Crippen LogP contribution in [-0.4, -0.2) is 0 Å². The third-order valence-corrected chi connectivity index (χ3v) is 9.20. The molecule has 0 aliphatic heterocycles. The summed E-state index contributed by atoms with van der Waals surface area (Å²) in [4.78, 5) is 0. The molecule has 1 nitrogen and oxygen atoms in total. The Balaban J connectivity index is 1.42. The fourth-order valence-corrected chi connectivity index (χ4v) is 7.36. The highest BCUT2D eigenvalue weighted by molar-refractivity contribution is 6.23. The summed E-state index contributed by atoms with van der Waals surface area (Å²) in [6, 6.07) is 46.2. The number of benzene rings is 7. The molecule has 7 aromatic carbocycles. The molecule has 8 aromatic rings. The zero-order valence-corrected chi connectivity index (χ0v) is 23.6. The molecule has 0 N–H and O–H groups in total. The lowest BCUT2D eigenvalue weighted by atomic mass is 9.81. The second kappa shape index (κ2) is 9.58. The molecule has 0 bridgehead atoms. The van der Waals surface area contributed by atoms with E-state index in [0.29, 0.717) is 5.92 Å². The highest BCUT2D eigenvalue weighted by atomic mass is 16.3. The van der Waals surface area contributed by atoms with Gasteiger partial charge in [0, 0.05) is 27.8 Å². The van der Waals surface area contributed by atoms with Crippen LogP contribution in [0.4, 0.5) is 0 Å². The van der Waals surface area contributed by atoms with Gasteiger partial charge in [0.05, 0.1) is 0 Å². The van der Waals surface area contributed by atoms with E-state index in [1.165, 1.54) is 60.0 Å². The summed E-state index contributed by atoms with van der Waals surface area (Å²) in [6.45, 7) is 0. The van der Waals surface area contributed by atoms with Crippen molar-refractivity contribution in [1.29, 1.82) is 0 Å². The molecule has 1 unspecified atom stereocenters. The van der Waals surface area contributed by atoms with E-state index in [1.807, 2.05) is 0 Å². The van der Waals surface area contributed by atoms with Crippen molar-refractivity contribution < 1.29 is 4.42 Å². The van der Waals surface area contributed by atoms with Crippen LogP contribution >= 0.6 is 0 Å². The monoisotopic (exact) mass is 548 g/mol. The number of para-hydroxylation sites is 1. The first-order valence-corrected chi connectivity index (χ1v) is 15.1. The van der Waals surface area contributed by atoms with Crippen molar-refractivity contribution in [2.75, 3.05) is 0 Å². The fraction of sp³-hybridized carbons (Fsp3) is 0.0476. The van der Waals surface area contributed by atoms with Crippen LogP contribution in [0.1, 0.15) is 17.9 Å². The number of allylic oxidation sites excluding steroid dienone is 4. The van der Waals surface area contributed by atoms with E-state index in [-0.39, 0.29) is 0 Å². The lowest BCUT2D eigenvalue weighted by molar-refractivity contribution is 0.670. The van der Waals surface area contributed by atoms with Gasteiger partial charge in [0.1, 0.15) is 11.2 Å². The van der Waals surface area contributed by atoms with Crippen LogP contribution in [0, 0.1) is 0 Å². The first kappa shape index (κ1) is 24.2. The average molecular weight is 549 g/mol. The molecule has 1 aliphatic carbocycles. The summed E-state index contributed by atoms with van der Waals surface area (Å²) in [6.07, 6.45) is 9.99. The Hall–Kier alpha value is -5.40. The van der Waals surface area contributed by atoms with Gasteiger partial charge >= 0.3 is 0 Å². The fourth-order valence-electron chi connectivity index (χ4n) is 7.36. The third-order valence-electron chi connectivity index (χ3n) is 9.20. The molecule has 1 aliphatic rings. The number of hydrogen-bond acceptors (Lipinski definition) is 1. The maximum Gasteiger partial charge on any atom is 0.143 e. The minimum atomic E-state index is 0.341. The average Bonchev–Trinajstić information content (AvgIpc) is 3.47. The van der Waals surface area contributed by atoms with Crippen LogP contribution in [0.5, 0.6) is 0 Å². The molecule has 0 saturated carbocycles. The quantitative estimate of drug-likeness (QED) is 0.200. The molecule has 1 atom stereocenters. The Bertz CT molecular complexity index is 2370. The first-order chi connectivity index (χ1) is 21.4. The van der Waals surface area contributed by atoms with Crippen LogP contribution in [-0.2, 0) is 0 Å². The Morgan fingerprint density at radius 3 is 1.86 bits per heavy atom. The molecule has 1 aromatic heterocycles. The molecule has 1 heterocycles. The summed E-state index contributed by atoms with van der Waals surface area (Å²) in [7, 11) is 0. The Morgan fingerprint density at radius 1 is 0.488 bits per heavy atom. The van der Waals surface area contributed by atoms with E-state index in [4.69, 9.17) is 4.42 Å². The van der Waals surface area contributed by atoms with E-state index < -0.39 is 0 Å². The molecule has 0 spiro atoms. The van der Waals surface area contributed by atoms with Gasteiger partial charge in [0.15, 0.2) is 0 Å². The molecule has 0 fully saturated rings. The zero-order valence-electron chi connectivity index (χ0n) is 23.6. The van der Waals surface area contributed by atoms with Gasteiger partial charge in [-0.1, -0.05) is 140 Å². The van der Waals surface area contributed by atoms with Crippen LogP contribution in [0.3, 0.4) is 0 Å². The molecule has 0 amide bonds. The highest BCUT2D eigenvalue weighted by Gasteiger charge is 2.24. The van der Waals surface area contributed by atoms with Crippen molar-refractivity contribution in [3.05, 3.63) is 157 Å². The van der Waals surface area contributed by atoms with E-state index >= 15 is 0 Å². The molecule has 0 saturated heterocycles. The largest absolute Gasteiger partial charge is 0.455 e. The van der Waals surface area contributed by atoms with E-state index in [2.05, 4.69) is 152 Å². The normalized spacial score (nSPS) is 14.9. The Kier molecular flexibility index (Phi) is 5.39. The first-order valence-electron chi connectivity index (χ1n) is 15.1. The van der Waals surface area contributed by atoms with Gasteiger partial charge in [0.2, 0.25) is 0 Å². The van der Waals surface area contributed by atoms with Crippen LogP contribution in [0.25, 0.3) is 76.5 Å². The third kappa shape index (κ3) is 3.65. The van der Waals surface area contributed by atoms with Crippen molar-refractivity contribution in [1.82, 2.24) is 0 Å². The molecular formula is C42H28O. The predicted octanol–water partition coefficient (Wildman–Crippen LogP) is 12.0. The van der Waals surface area contributed by atoms with Crippen molar-refractivity contribution in [3.63, 3.8) is 0 Å². The topological polar surface area (TPSA) is 13.1 Å². The molecule has 0 radical (unpaired) electrons. The molecule has 9 rings (SSSR count). The van der Waals surface area contributed by atoms with Crippen molar-refractivity contribution in [2.24, 2.45) is 0 Å². The number of furan rings is 1. The highest BCUT2D eigenvalue weighted by Crippen LogP contribution is 2.48. The summed E-state index contributed by atoms with van der Waals surface area (Å²) < 4.78 is 6.84. The lowest BCUT2D eigenvalue weighted by Gasteiger charge is -2.22. The van der Waals surface area contributed by atoms with Gasteiger partial charge in [0.25, 0.3) is 0 Å². The van der Waals surface area contributed by atoms with Crippen LogP contribution in [0.15, 0.2) is 156 Å². The maximum atomic E-state index is 6.84. The minimum Gasteiger partial charge on any atom is -0.455 e. The van der Waals surface area contributed by atoms with Gasteiger partial charge in [-0.3, -0.25) is 0 Å². The summed E-state index contributed by atoms with van der Waals surface area (Å²) in [5.74, 6) is 0.341. The van der Waals surface area contributed by atoms with Crippen LogP contribution < -0.4 is 0 Å². The molecular weight excluding hydrogens is 520 g/mol. The van der Waals surface area contributed by atoms with Gasteiger partial charge in [-0.2, -0.15) is 0 Å². The van der Waals surface area contributed by atoms with Crippen LogP contribution in [0.2, 0.25) is 0 Å². The SMILES string of the molecule is C1=CCC(c2c3ccccc3c(-c3ccc(-c4cccc5ccccc45)c4c3oc3ccccc34)c3ccccc23)C=C1. The molecule has 1 heteroatoms. The maximum absolute atomic E-state index is 6.84. The van der Waals surface area contributed by atoms with Crippen molar-refractivity contribution in [3.8, 4) is 22.3 Å². The Labute approximate surface area is 250 Å². The van der Waals surface area contributed by atoms with Gasteiger partial charge in [-0.05, 0) is 67.6 Å². The second-order valence-electron chi connectivity index (χ2n) is 11.5. The van der Waals surface area contributed by atoms with Crippen molar-refractivity contribution in [2.45, 2.75) is 12.3 Å². The molecule has 202 valence electrons. The summed E-state index contributed by atoms with van der Waals surface area (Å²) in [5, 5.41) is 9.95. The summed E-state index contributed by atoms with van der Waals surface area (Å²) >= 11 is 0. The van der Waals surface area contributed by atoms with Crippen molar-refractivity contribution >= 4 is 54.3 Å². The second-order valence-corrected chi connectivity index (χ2v) is 11.5. The summed E-state index contributed by atoms with van der Waals surface area (Å²) in [5.41, 5.74) is 8.05. The minimum absolute atomic E-state index is 0.341. The lowest BCUT2D eigenvalue weighted by Crippen LogP contribution is -2.00. The van der Waals surface area contributed by atoms with Gasteiger partial charge < -0.3 is 4.42 Å².